The number of hydrogen-bond donors (Lipinski definition) is 2. The first-order chi connectivity index (χ1) is 16.4. The third kappa shape index (κ3) is 3.96. The van der Waals surface area contributed by atoms with Crippen molar-refractivity contribution in [3.8, 4) is 0 Å². The summed E-state index contributed by atoms with van der Waals surface area (Å²) in [6, 6.07) is 2.86. The van der Waals surface area contributed by atoms with Gasteiger partial charge < -0.3 is 10.2 Å². The molecule has 2 aliphatic rings. The molecule has 182 valence electrons. The molecule has 5 rings (SSSR count). The second-order valence-electron chi connectivity index (χ2n) is 10.5. The molecule has 8 nitrogen and oxygen atoms in total. The van der Waals surface area contributed by atoms with E-state index in [1.807, 2.05) is 0 Å². The van der Waals surface area contributed by atoms with Crippen LogP contribution < -0.4 is 22.2 Å². The maximum absolute atomic E-state index is 13.1. The van der Waals surface area contributed by atoms with Crippen molar-refractivity contribution in [2.45, 2.75) is 64.5 Å². The zero-order chi connectivity index (χ0) is 24.0. The van der Waals surface area contributed by atoms with Gasteiger partial charge >= 0.3 is 0 Å². The van der Waals surface area contributed by atoms with Gasteiger partial charge in [-0.1, -0.05) is 12.8 Å². The molecule has 2 aromatic heterocycles. The van der Waals surface area contributed by atoms with Crippen LogP contribution in [-0.2, 0) is 13.1 Å². The van der Waals surface area contributed by atoms with Crippen molar-refractivity contribution < 1.29 is 10.2 Å². The molecule has 8 heteroatoms. The summed E-state index contributed by atoms with van der Waals surface area (Å²) in [4.78, 5) is 52.4. The quantitative estimate of drug-likeness (QED) is 0.566. The van der Waals surface area contributed by atoms with Crippen molar-refractivity contribution in [2.24, 2.45) is 23.7 Å². The Bertz CT molecular complexity index is 1230. The Labute approximate surface area is 196 Å². The fourth-order valence-corrected chi connectivity index (χ4v) is 6.39. The van der Waals surface area contributed by atoms with Crippen molar-refractivity contribution in [3.63, 3.8) is 0 Å². The molecule has 1 aromatic carbocycles. The summed E-state index contributed by atoms with van der Waals surface area (Å²) < 4.78 is 2.49. The number of benzene rings is 1. The summed E-state index contributed by atoms with van der Waals surface area (Å²) in [5.74, 6) is 0.709. The highest BCUT2D eigenvalue weighted by Crippen LogP contribution is 2.30. The number of hydrogen-bond acceptors (Lipinski definition) is 6. The molecule has 34 heavy (non-hydrogen) atoms. The molecule has 4 atom stereocenters. The van der Waals surface area contributed by atoms with Crippen molar-refractivity contribution in [3.05, 3.63) is 53.5 Å². The maximum atomic E-state index is 13.1. The largest absolute Gasteiger partial charge is 0.396 e. The zero-order valence-electron chi connectivity index (χ0n) is 19.4. The Balaban J connectivity index is 1.50. The Hall–Kier alpha value is -2.58. The lowest BCUT2D eigenvalue weighted by Crippen LogP contribution is -2.32. The lowest BCUT2D eigenvalue weighted by molar-refractivity contribution is 0.152. The lowest BCUT2D eigenvalue weighted by Gasteiger charge is -2.27. The molecule has 0 bridgehead atoms. The fraction of sp³-hybridized carbons (Fsp3) is 0.615. The van der Waals surface area contributed by atoms with Crippen LogP contribution in [0.4, 0.5) is 0 Å². The van der Waals surface area contributed by atoms with E-state index in [4.69, 9.17) is 0 Å². The summed E-state index contributed by atoms with van der Waals surface area (Å²) >= 11 is 0. The van der Waals surface area contributed by atoms with E-state index >= 15 is 0 Å². The lowest BCUT2D eigenvalue weighted by atomic mass is 9.82. The number of nitrogens with zero attached hydrogens (tertiary/aromatic N) is 2. The van der Waals surface area contributed by atoms with Crippen LogP contribution in [0.25, 0.3) is 21.5 Å². The minimum Gasteiger partial charge on any atom is -0.396 e. The van der Waals surface area contributed by atoms with E-state index in [1.54, 1.807) is 0 Å². The minimum absolute atomic E-state index is 0.119. The van der Waals surface area contributed by atoms with Gasteiger partial charge in [-0.25, -0.2) is 0 Å². The minimum atomic E-state index is -0.411. The molecule has 2 N–H and O–H groups in total. The SMILES string of the molecule is O=c1c2cc3c(=O)n(CC4CCCC(CO)C4)c(=O)c3cc2c(=O)n1CC1CCCC(CO)C1. The van der Waals surface area contributed by atoms with Crippen LogP contribution >= 0.6 is 0 Å². The van der Waals surface area contributed by atoms with Gasteiger partial charge in [-0.2, -0.15) is 0 Å². The zero-order valence-corrected chi connectivity index (χ0v) is 19.4. The molecule has 2 aliphatic carbocycles. The maximum Gasteiger partial charge on any atom is 0.261 e. The van der Waals surface area contributed by atoms with Gasteiger partial charge in [0, 0.05) is 26.3 Å². The van der Waals surface area contributed by atoms with E-state index in [1.165, 1.54) is 21.3 Å². The predicted octanol–water partition coefficient (Wildman–Crippen LogP) is 1.51. The highest BCUT2D eigenvalue weighted by atomic mass is 16.3. The molecule has 4 unspecified atom stereocenters. The summed E-state index contributed by atoms with van der Waals surface area (Å²) in [6.07, 6.45) is 7.23. The standard InChI is InChI=1S/C26H32N2O6/c29-13-17-5-1-3-15(7-17)11-27-23(31)19-9-21-22(10-20(19)24(27)32)26(34)28(25(21)33)12-16-4-2-6-18(8-16)14-30/h9-10,15-18,29-30H,1-8,11-14H2. The number of aliphatic hydroxyl groups is 2. The monoisotopic (exact) mass is 468 g/mol. The number of aliphatic hydroxyl groups excluding tert-OH is 2. The van der Waals surface area contributed by atoms with Crippen LogP contribution in [0.2, 0.25) is 0 Å². The molecule has 2 heterocycles. The van der Waals surface area contributed by atoms with E-state index in [2.05, 4.69) is 0 Å². The van der Waals surface area contributed by atoms with E-state index in [0.29, 0.717) is 13.1 Å². The number of fused-ring (bicyclic) bond motifs is 2. The van der Waals surface area contributed by atoms with E-state index in [-0.39, 0.29) is 58.4 Å². The molecular formula is C26H32N2O6. The smallest absolute Gasteiger partial charge is 0.261 e. The van der Waals surface area contributed by atoms with Crippen molar-refractivity contribution >= 4 is 21.5 Å². The highest BCUT2D eigenvalue weighted by Gasteiger charge is 2.27. The van der Waals surface area contributed by atoms with Crippen molar-refractivity contribution in [1.29, 1.82) is 0 Å². The van der Waals surface area contributed by atoms with Crippen molar-refractivity contribution in [2.75, 3.05) is 13.2 Å². The molecule has 2 saturated carbocycles. The summed E-state index contributed by atoms with van der Waals surface area (Å²) in [7, 11) is 0. The number of aromatic nitrogens is 2. The average Bonchev–Trinajstić information content (AvgIpc) is 3.23. The molecule has 2 fully saturated rings. The van der Waals surface area contributed by atoms with Gasteiger partial charge in [0.25, 0.3) is 22.2 Å². The van der Waals surface area contributed by atoms with Crippen LogP contribution in [0.1, 0.15) is 51.4 Å². The van der Waals surface area contributed by atoms with Crippen LogP contribution in [-0.4, -0.2) is 32.6 Å². The summed E-state index contributed by atoms with van der Waals surface area (Å²) in [6.45, 7) is 0.839. The fourth-order valence-electron chi connectivity index (χ4n) is 6.39. The van der Waals surface area contributed by atoms with Gasteiger partial charge in [0.15, 0.2) is 0 Å². The normalized spacial score (nSPS) is 25.9. The molecule has 0 spiro atoms. The Morgan fingerprint density at radius 3 is 1.24 bits per heavy atom. The van der Waals surface area contributed by atoms with Crippen LogP contribution in [0.15, 0.2) is 31.3 Å². The molecule has 0 aliphatic heterocycles. The molecule has 0 radical (unpaired) electrons. The summed E-state index contributed by atoms with van der Waals surface area (Å²) in [5, 5.41) is 19.7. The second-order valence-corrected chi connectivity index (χ2v) is 10.5. The van der Waals surface area contributed by atoms with Gasteiger partial charge in [-0.05, 0) is 74.3 Å². The predicted molar refractivity (Wildman–Crippen MR) is 130 cm³/mol. The number of rotatable bonds is 6. The molecule has 0 amide bonds. The first kappa shape index (κ1) is 23.2. The van der Waals surface area contributed by atoms with E-state index < -0.39 is 22.2 Å². The third-order valence-corrected chi connectivity index (χ3v) is 8.24. The third-order valence-electron chi connectivity index (χ3n) is 8.24. The van der Waals surface area contributed by atoms with E-state index in [0.717, 1.165) is 51.4 Å². The van der Waals surface area contributed by atoms with Gasteiger partial charge in [0.2, 0.25) is 0 Å². The van der Waals surface area contributed by atoms with Crippen LogP contribution in [0, 0.1) is 23.7 Å². The van der Waals surface area contributed by atoms with E-state index in [9.17, 15) is 29.4 Å². The average molecular weight is 469 g/mol. The molecule has 3 aromatic rings. The highest BCUT2D eigenvalue weighted by molar-refractivity contribution is 5.97. The molecular weight excluding hydrogens is 436 g/mol. The van der Waals surface area contributed by atoms with Crippen LogP contribution in [0.3, 0.4) is 0 Å². The van der Waals surface area contributed by atoms with Gasteiger partial charge in [0.05, 0.1) is 21.5 Å². The first-order valence-corrected chi connectivity index (χ1v) is 12.5. The van der Waals surface area contributed by atoms with Gasteiger partial charge in [-0.3, -0.25) is 28.3 Å². The molecule has 0 saturated heterocycles. The van der Waals surface area contributed by atoms with Crippen molar-refractivity contribution in [1.82, 2.24) is 9.13 Å². The second kappa shape index (κ2) is 9.23. The van der Waals surface area contributed by atoms with Crippen LogP contribution in [0.5, 0.6) is 0 Å². The Morgan fingerprint density at radius 1 is 0.588 bits per heavy atom. The topological polar surface area (TPSA) is 119 Å². The van der Waals surface area contributed by atoms with Gasteiger partial charge in [0.1, 0.15) is 0 Å². The first-order valence-electron chi connectivity index (χ1n) is 12.5. The summed E-state index contributed by atoms with van der Waals surface area (Å²) in [5.41, 5.74) is -1.65. The van der Waals surface area contributed by atoms with Gasteiger partial charge in [-0.15, -0.1) is 0 Å². The Kier molecular flexibility index (Phi) is 6.29. The Morgan fingerprint density at radius 2 is 0.912 bits per heavy atom.